The van der Waals surface area contributed by atoms with Gasteiger partial charge in [0.15, 0.2) is 0 Å². The van der Waals surface area contributed by atoms with E-state index in [1.807, 2.05) is 0 Å². The van der Waals surface area contributed by atoms with E-state index < -0.39 is 16.4 Å². The van der Waals surface area contributed by atoms with Gasteiger partial charge in [-0.3, -0.25) is 14.9 Å². The first kappa shape index (κ1) is 12.9. The van der Waals surface area contributed by atoms with Gasteiger partial charge >= 0.3 is 5.69 Å². The fourth-order valence-corrected chi connectivity index (χ4v) is 1.79. The zero-order valence-electron chi connectivity index (χ0n) is 10.2. The molecule has 0 aliphatic rings. The quantitative estimate of drug-likeness (QED) is 0.629. The zero-order valence-corrected chi connectivity index (χ0v) is 10.2. The van der Waals surface area contributed by atoms with Crippen LogP contribution < -0.4 is 5.56 Å². The number of nitro benzene ring substituents is 1. The van der Waals surface area contributed by atoms with E-state index in [4.69, 9.17) is 0 Å². The SMILES string of the molecule is Cc1cccn(Cc2cccc([N+](=O)[O-])c2F)c1=O. The fourth-order valence-electron chi connectivity index (χ4n) is 1.79. The largest absolute Gasteiger partial charge is 0.311 e. The normalized spacial score (nSPS) is 10.4. The molecule has 5 nitrogen and oxygen atoms in total. The molecule has 0 saturated carbocycles. The van der Waals surface area contributed by atoms with E-state index in [-0.39, 0.29) is 17.7 Å². The van der Waals surface area contributed by atoms with Crippen LogP contribution >= 0.6 is 0 Å². The van der Waals surface area contributed by atoms with Gasteiger partial charge in [0.1, 0.15) is 0 Å². The Morgan fingerprint density at radius 1 is 1.32 bits per heavy atom. The Morgan fingerprint density at radius 2 is 2.05 bits per heavy atom. The summed E-state index contributed by atoms with van der Waals surface area (Å²) in [6, 6.07) is 7.25. The van der Waals surface area contributed by atoms with E-state index in [9.17, 15) is 19.3 Å². The molecule has 0 amide bonds. The molecule has 0 N–H and O–H groups in total. The van der Waals surface area contributed by atoms with Crippen molar-refractivity contribution in [3.63, 3.8) is 0 Å². The third-order valence-corrected chi connectivity index (χ3v) is 2.81. The maximum absolute atomic E-state index is 13.9. The van der Waals surface area contributed by atoms with E-state index in [0.29, 0.717) is 5.56 Å². The van der Waals surface area contributed by atoms with Crippen molar-refractivity contribution in [2.24, 2.45) is 0 Å². The number of benzene rings is 1. The maximum Gasteiger partial charge on any atom is 0.305 e. The van der Waals surface area contributed by atoms with Crippen LogP contribution in [0.3, 0.4) is 0 Å². The molecule has 0 aliphatic carbocycles. The first-order valence-corrected chi connectivity index (χ1v) is 5.58. The average Bonchev–Trinajstić information content (AvgIpc) is 2.37. The molecule has 2 rings (SSSR count). The van der Waals surface area contributed by atoms with Crippen molar-refractivity contribution in [2.45, 2.75) is 13.5 Å². The van der Waals surface area contributed by atoms with Crippen molar-refractivity contribution in [2.75, 3.05) is 0 Å². The van der Waals surface area contributed by atoms with Crippen molar-refractivity contribution in [1.82, 2.24) is 4.57 Å². The lowest BCUT2D eigenvalue weighted by Gasteiger charge is -2.07. The van der Waals surface area contributed by atoms with Crippen molar-refractivity contribution in [3.8, 4) is 0 Å². The summed E-state index contributed by atoms with van der Waals surface area (Å²) in [5.74, 6) is -0.902. The molecule has 1 aromatic heterocycles. The average molecular weight is 262 g/mol. The van der Waals surface area contributed by atoms with Gasteiger partial charge in [0.05, 0.1) is 11.5 Å². The summed E-state index contributed by atoms with van der Waals surface area (Å²) in [6.45, 7) is 1.62. The third kappa shape index (κ3) is 2.52. The van der Waals surface area contributed by atoms with Crippen LogP contribution in [0.15, 0.2) is 41.3 Å². The van der Waals surface area contributed by atoms with Crippen LogP contribution in [-0.4, -0.2) is 9.49 Å². The summed E-state index contributed by atoms with van der Waals surface area (Å²) in [4.78, 5) is 21.7. The van der Waals surface area contributed by atoms with Crippen molar-refractivity contribution in [1.29, 1.82) is 0 Å². The van der Waals surface area contributed by atoms with Crippen LogP contribution in [0.5, 0.6) is 0 Å². The molecule has 98 valence electrons. The minimum Gasteiger partial charge on any atom is -0.311 e. The fraction of sp³-hybridized carbons (Fsp3) is 0.154. The number of nitro groups is 1. The standard InChI is InChI=1S/C13H11FN2O3/c1-9-4-3-7-15(13(9)17)8-10-5-2-6-11(12(10)14)16(18)19/h2-7H,8H2,1H3. The van der Waals surface area contributed by atoms with Crippen LogP contribution in [0.4, 0.5) is 10.1 Å². The van der Waals surface area contributed by atoms with Crippen LogP contribution in [0.2, 0.25) is 0 Å². The van der Waals surface area contributed by atoms with Gasteiger partial charge in [-0.2, -0.15) is 4.39 Å². The highest BCUT2D eigenvalue weighted by Gasteiger charge is 2.17. The number of hydrogen-bond acceptors (Lipinski definition) is 3. The Kier molecular flexibility index (Phi) is 3.41. The second-order valence-electron chi connectivity index (χ2n) is 4.13. The Labute approximate surface area is 108 Å². The zero-order chi connectivity index (χ0) is 14.0. The molecule has 0 spiro atoms. The predicted molar refractivity (Wildman–Crippen MR) is 67.6 cm³/mol. The molecule has 0 saturated heterocycles. The Bertz CT molecular complexity index is 695. The van der Waals surface area contributed by atoms with Crippen LogP contribution in [0, 0.1) is 22.9 Å². The van der Waals surface area contributed by atoms with Crippen molar-refractivity contribution >= 4 is 5.69 Å². The van der Waals surface area contributed by atoms with E-state index in [1.54, 1.807) is 19.1 Å². The number of pyridine rings is 1. The van der Waals surface area contributed by atoms with Crippen LogP contribution in [0.1, 0.15) is 11.1 Å². The second kappa shape index (κ2) is 5.01. The van der Waals surface area contributed by atoms with Gasteiger partial charge in [-0.1, -0.05) is 18.2 Å². The second-order valence-corrected chi connectivity index (χ2v) is 4.13. The molecule has 0 radical (unpaired) electrons. The van der Waals surface area contributed by atoms with Gasteiger partial charge in [0.25, 0.3) is 5.56 Å². The molecule has 0 fully saturated rings. The Hall–Kier alpha value is -2.50. The van der Waals surface area contributed by atoms with Gasteiger partial charge in [0.2, 0.25) is 5.82 Å². The maximum atomic E-state index is 13.9. The van der Waals surface area contributed by atoms with Gasteiger partial charge in [-0.25, -0.2) is 0 Å². The predicted octanol–water partition coefficient (Wildman–Crippen LogP) is 2.25. The lowest BCUT2D eigenvalue weighted by molar-refractivity contribution is -0.387. The third-order valence-electron chi connectivity index (χ3n) is 2.81. The highest BCUT2D eigenvalue weighted by Crippen LogP contribution is 2.20. The summed E-state index contributed by atoms with van der Waals surface area (Å²) in [6.07, 6.45) is 1.52. The molecule has 0 aliphatic heterocycles. The van der Waals surface area contributed by atoms with Gasteiger partial charge in [-0.05, 0) is 13.0 Å². The van der Waals surface area contributed by atoms with E-state index in [1.165, 1.54) is 22.9 Å². The van der Waals surface area contributed by atoms with Gasteiger partial charge < -0.3 is 4.57 Å². The van der Waals surface area contributed by atoms with Crippen LogP contribution in [0.25, 0.3) is 0 Å². The number of rotatable bonds is 3. The number of aromatic nitrogens is 1. The highest BCUT2D eigenvalue weighted by atomic mass is 19.1. The molecule has 1 aromatic carbocycles. The number of nitrogens with zero attached hydrogens (tertiary/aromatic N) is 2. The lowest BCUT2D eigenvalue weighted by atomic mass is 10.1. The summed E-state index contributed by atoms with van der Waals surface area (Å²) >= 11 is 0. The monoisotopic (exact) mass is 262 g/mol. The van der Waals surface area contributed by atoms with Gasteiger partial charge in [-0.15, -0.1) is 0 Å². The van der Waals surface area contributed by atoms with Gasteiger partial charge in [0, 0.05) is 23.4 Å². The summed E-state index contributed by atoms with van der Waals surface area (Å²) in [7, 11) is 0. The summed E-state index contributed by atoms with van der Waals surface area (Å²) in [5, 5.41) is 10.6. The first-order chi connectivity index (χ1) is 9.00. The molecule has 1 heterocycles. The molecule has 6 heteroatoms. The van der Waals surface area contributed by atoms with E-state index in [0.717, 1.165) is 6.07 Å². The Morgan fingerprint density at radius 3 is 2.74 bits per heavy atom. The molecular weight excluding hydrogens is 251 g/mol. The number of halogens is 1. The lowest BCUT2D eigenvalue weighted by Crippen LogP contribution is -2.22. The molecule has 2 aromatic rings. The van der Waals surface area contributed by atoms with Crippen LogP contribution in [-0.2, 0) is 6.54 Å². The molecule has 0 atom stereocenters. The molecular formula is C13H11FN2O3. The number of hydrogen-bond donors (Lipinski definition) is 0. The molecule has 0 unspecified atom stereocenters. The molecule has 0 bridgehead atoms. The minimum absolute atomic E-state index is 0.0337. The Balaban J connectivity index is 2.45. The van der Waals surface area contributed by atoms with Crippen molar-refractivity contribution < 1.29 is 9.31 Å². The first-order valence-electron chi connectivity index (χ1n) is 5.58. The minimum atomic E-state index is -0.902. The molecule has 19 heavy (non-hydrogen) atoms. The topological polar surface area (TPSA) is 65.1 Å². The summed E-state index contributed by atoms with van der Waals surface area (Å²) in [5.41, 5.74) is -0.179. The van der Waals surface area contributed by atoms with Crippen molar-refractivity contribution in [3.05, 3.63) is 73.9 Å². The summed E-state index contributed by atoms with van der Waals surface area (Å²) < 4.78 is 15.2. The van der Waals surface area contributed by atoms with E-state index in [2.05, 4.69) is 0 Å². The highest BCUT2D eigenvalue weighted by molar-refractivity contribution is 5.36. The smallest absolute Gasteiger partial charge is 0.305 e. The van der Waals surface area contributed by atoms with E-state index >= 15 is 0 Å². The number of aryl methyl sites for hydroxylation is 1.